The number of Topliss-reactive ketones (excluding diaryl/α,β-unsaturated/α-hetero) is 1. The van der Waals surface area contributed by atoms with Crippen LogP contribution >= 0.6 is 0 Å². The Morgan fingerprint density at radius 2 is 1.69 bits per heavy atom. The number of fused-ring (bicyclic) bond motifs is 5. The van der Waals surface area contributed by atoms with E-state index in [9.17, 15) is 19.2 Å². The molecule has 0 aromatic carbocycles. The van der Waals surface area contributed by atoms with Gasteiger partial charge in [0.05, 0.1) is 7.11 Å². The Kier molecular flexibility index (Phi) is 7.60. The van der Waals surface area contributed by atoms with Gasteiger partial charge >= 0.3 is 17.9 Å². The average molecular weight is 505 g/mol. The average Bonchev–Trinajstić information content (AvgIpc) is 3.16. The maximum Gasteiger partial charge on any atom is 0.305 e. The monoisotopic (exact) mass is 504 g/mol. The van der Waals surface area contributed by atoms with E-state index in [4.69, 9.17) is 14.2 Å². The second kappa shape index (κ2) is 10.1. The van der Waals surface area contributed by atoms with Crippen LogP contribution in [0.25, 0.3) is 0 Å². The lowest BCUT2D eigenvalue weighted by molar-refractivity contribution is -0.196. The molecule has 0 bridgehead atoms. The van der Waals surface area contributed by atoms with Gasteiger partial charge in [-0.05, 0) is 80.0 Å². The molecule has 4 aliphatic rings. The van der Waals surface area contributed by atoms with Crippen LogP contribution in [0.15, 0.2) is 0 Å². The zero-order valence-electron chi connectivity index (χ0n) is 22.8. The van der Waals surface area contributed by atoms with Crippen LogP contribution in [0.2, 0.25) is 0 Å². The lowest BCUT2D eigenvalue weighted by Gasteiger charge is -2.62. The van der Waals surface area contributed by atoms with Crippen LogP contribution in [-0.2, 0) is 33.4 Å². The van der Waals surface area contributed by atoms with Crippen molar-refractivity contribution in [2.75, 3.05) is 7.11 Å². The number of ether oxygens (including phenoxy) is 3. The largest absolute Gasteiger partial charge is 0.469 e. The van der Waals surface area contributed by atoms with E-state index in [0.717, 1.165) is 38.5 Å². The first-order chi connectivity index (χ1) is 16.9. The number of hydrogen-bond acceptors (Lipinski definition) is 7. The smallest absolute Gasteiger partial charge is 0.305 e. The van der Waals surface area contributed by atoms with Gasteiger partial charge in [-0.1, -0.05) is 20.8 Å². The Balaban J connectivity index is 1.62. The van der Waals surface area contributed by atoms with Gasteiger partial charge in [-0.2, -0.15) is 0 Å². The van der Waals surface area contributed by atoms with E-state index in [0.29, 0.717) is 25.0 Å². The molecule has 0 aliphatic heterocycles. The molecule has 0 radical (unpaired) electrons. The van der Waals surface area contributed by atoms with Crippen LogP contribution in [-0.4, -0.2) is 43.0 Å². The Bertz CT molecular complexity index is 898. The number of ketones is 1. The van der Waals surface area contributed by atoms with Crippen molar-refractivity contribution in [1.82, 2.24) is 0 Å². The molecule has 4 rings (SSSR count). The van der Waals surface area contributed by atoms with Crippen LogP contribution in [0.3, 0.4) is 0 Å². The van der Waals surface area contributed by atoms with Gasteiger partial charge in [-0.3, -0.25) is 19.2 Å². The fourth-order valence-electron chi connectivity index (χ4n) is 9.14. The second-order valence-electron chi connectivity index (χ2n) is 12.6. The highest BCUT2D eigenvalue weighted by Crippen LogP contribution is 2.67. The van der Waals surface area contributed by atoms with E-state index in [2.05, 4.69) is 20.8 Å². The van der Waals surface area contributed by atoms with E-state index in [1.54, 1.807) is 0 Å². The summed E-state index contributed by atoms with van der Waals surface area (Å²) in [6.45, 7) is 9.57. The molecule has 4 fully saturated rings. The van der Waals surface area contributed by atoms with E-state index >= 15 is 0 Å². The number of methoxy groups -OCH3 is 1. The predicted molar refractivity (Wildman–Crippen MR) is 133 cm³/mol. The van der Waals surface area contributed by atoms with Crippen molar-refractivity contribution >= 4 is 23.7 Å². The summed E-state index contributed by atoms with van der Waals surface area (Å²) in [5.74, 6) is 0.785. The van der Waals surface area contributed by atoms with Gasteiger partial charge < -0.3 is 14.2 Å². The van der Waals surface area contributed by atoms with Gasteiger partial charge in [-0.15, -0.1) is 0 Å². The van der Waals surface area contributed by atoms with Crippen molar-refractivity contribution in [1.29, 1.82) is 0 Å². The van der Waals surface area contributed by atoms with Crippen molar-refractivity contribution in [2.45, 2.75) is 105 Å². The molecular formula is C29H44O7. The van der Waals surface area contributed by atoms with Crippen molar-refractivity contribution in [3.63, 3.8) is 0 Å². The van der Waals surface area contributed by atoms with Gasteiger partial charge in [0, 0.05) is 38.0 Å². The topological polar surface area (TPSA) is 96.0 Å². The molecule has 202 valence electrons. The maximum atomic E-state index is 14.0. The molecule has 0 amide bonds. The Morgan fingerprint density at radius 3 is 2.33 bits per heavy atom. The number of esters is 3. The molecular weight excluding hydrogens is 460 g/mol. The maximum absolute atomic E-state index is 14.0. The van der Waals surface area contributed by atoms with Crippen molar-refractivity contribution in [3.05, 3.63) is 0 Å². The third kappa shape index (κ3) is 4.60. The third-order valence-corrected chi connectivity index (χ3v) is 10.9. The zero-order chi connectivity index (χ0) is 26.4. The summed E-state index contributed by atoms with van der Waals surface area (Å²) >= 11 is 0. The molecule has 0 N–H and O–H groups in total. The summed E-state index contributed by atoms with van der Waals surface area (Å²) in [6.07, 6.45) is 6.44. The van der Waals surface area contributed by atoms with Gasteiger partial charge in [0.2, 0.25) is 0 Å². The highest BCUT2D eigenvalue weighted by Gasteiger charge is 2.66. The molecule has 0 saturated heterocycles. The van der Waals surface area contributed by atoms with Gasteiger partial charge in [0.1, 0.15) is 18.0 Å². The Labute approximate surface area is 215 Å². The second-order valence-corrected chi connectivity index (χ2v) is 12.6. The predicted octanol–water partition coefficient (Wildman–Crippen LogP) is 4.89. The minimum absolute atomic E-state index is 0.0382. The fraction of sp³-hybridized carbons (Fsp3) is 0.862. The van der Waals surface area contributed by atoms with E-state index in [-0.39, 0.29) is 71.0 Å². The van der Waals surface area contributed by atoms with Crippen LogP contribution in [0.1, 0.15) is 92.4 Å². The minimum atomic E-state index is -0.465. The van der Waals surface area contributed by atoms with Crippen molar-refractivity contribution in [3.8, 4) is 0 Å². The van der Waals surface area contributed by atoms with Crippen LogP contribution in [0, 0.1) is 46.3 Å². The molecule has 0 unspecified atom stereocenters. The Morgan fingerprint density at radius 1 is 1.00 bits per heavy atom. The summed E-state index contributed by atoms with van der Waals surface area (Å²) in [7, 11) is 1.41. The summed E-state index contributed by atoms with van der Waals surface area (Å²) in [6, 6.07) is 0. The summed E-state index contributed by atoms with van der Waals surface area (Å²) < 4.78 is 16.5. The highest BCUT2D eigenvalue weighted by atomic mass is 16.5. The van der Waals surface area contributed by atoms with E-state index in [1.165, 1.54) is 21.0 Å². The number of carbonyl (C=O) groups is 4. The molecule has 4 saturated carbocycles. The Hall–Kier alpha value is -1.92. The molecule has 10 atom stereocenters. The number of carbonyl (C=O) groups excluding carboxylic acids is 4. The van der Waals surface area contributed by atoms with Crippen LogP contribution in [0.4, 0.5) is 0 Å². The quantitative estimate of drug-likeness (QED) is 0.375. The minimum Gasteiger partial charge on any atom is -0.469 e. The molecule has 7 heteroatoms. The van der Waals surface area contributed by atoms with Crippen LogP contribution < -0.4 is 0 Å². The first-order valence-corrected chi connectivity index (χ1v) is 13.9. The third-order valence-electron chi connectivity index (χ3n) is 10.9. The number of hydrogen-bond donors (Lipinski definition) is 0. The van der Waals surface area contributed by atoms with Gasteiger partial charge in [0.15, 0.2) is 0 Å². The first-order valence-electron chi connectivity index (χ1n) is 13.9. The van der Waals surface area contributed by atoms with Gasteiger partial charge in [-0.25, -0.2) is 0 Å². The summed E-state index contributed by atoms with van der Waals surface area (Å²) in [5.41, 5.74) is -0.503. The molecule has 0 aromatic rings. The van der Waals surface area contributed by atoms with Crippen molar-refractivity contribution in [2.24, 2.45) is 46.3 Å². The van der Waals surface area contributed by atoms with Gasteiger partial charge in [0.25, 0.3) is 0 Å². The summed E-state index contributed by atoms with van der Waals surface area (Å²) in [5, 5.41) is 0. The van der Waals surface area contributed by atoms with Crippen molar-refractivity contribution < 1.29 is 33.4 Å². The zero-order valence-corrected chi connectivity index (χ0v) is 22.8. The lowest BCUT2D eigenvalue weighted by atomic mass is 9.43. The molecule has 7 nitrogen and oxygen atoms in total. The lowest BCUT2D eigenvalue weighted by Crippen LogP contribution is -2.62. The molecule has 0 heterocycles. The molecule has 36 heavy (non-hydrogen) atoms. The molecule has 0 aromatic heterocycles. The van der Waals surface area contributed by atoms with E-state index < -0.39 is 5.41 Å². The highest BCUT2D eigenvalue weighted by molar-refractivity contribution is 5.87. The number of rotatable bonds is 6. The fourth-order valence-corrected chi connectivity index (χ4v) is 9.14. The van der Waals surface area contributed by atoms with E-state index in [1.807, 2.05) is 0 Å². The first kappa shape index (κ1) is 27.1. The normalized spacial score (nSPS) is 42.4. The molecule has 0 spiro atoms. The summed E-state index contributed by atoms with van der Waals surface area (Å²) in [4.78, 5) is 49.7. The standard InChI is InChI=1S/C29H44O7/c1-16(7-10-26(33)34-6)21-8-9-22-27-23(15-25(32)29(21,22)5)28(4)12-11-20(35-17(2)30)13-19(28)14-24(27)36-18(3)31/h16,19-24,27H,7-15H2,1-6H3/t16-,19-,20+,21-,22+,23-,24+,27-,28-,29+/m0/s1. The van der Waals surface area contributed by atoms with Crippen LogP contribution in [0.5, 0.6) is 0 Å². The SMILES string of the molecule is COC(=O)CC[C@H](C)[C@@H]1CC[C@@H]2[C@@H]3[C@H](OC(C)=O)C[C@@H]4C[C@H](OC(C)=O)CC[C@]4(C)[C@H]3CC(=O)[C@@]21C. The molecule has 4 aliphatic carbocycles.